The van der Waals surface area contributed by atoms with Gasteiger partial charge in [-0.2, -0.15) is 0 Å². The van der Waals surface area contributed by atoms with E-state index in [-0.39, 0.29) is 24.1 Å². The Bertz CT molecular complexity index is 443. The summed E-state index contributed by atoms with van der Waals surface area (Å²) in [6.45, 7) is 8.64. The van der Waals surface area contributed by atoms with Crippen LogP contribution in [-0.4, -0.2) is 24.8 Å². The maximum atomic E-state index is 11.6. The highest BCUT2D eigenvalue weighted by molar-refractivity contribution is 5.69. The quantitative estimate of drug-likeness (QED) is 0.301. The minimum Gasteiger partial charge on any atom is -0.469 e. The largest absolute Gasteiger partial charge is 0.469 e. The van der Waals surface area contributed by atoms with Gasteiger partial charge in [-0.05, 0) is 43.9 Å². The van der Waals surface area contributed by atoms with Crippen molar-refractivity contribution >= 4 is 5.97 Å². The summed E-state index contributed by atoms with van der Waals surface area (Å²) in [7, 11) is 1.41. The Balaban J connectivity index is 2.71. The highest BCUT2D eigenvalue weighted by atomic mass is 17.2. The van der Waals surface area contributed by atoms with E-state index >= 15 is 0 Å². The first-order valence-electron chi connectivity index (χ1n) is 9.79. The van der Waals surface area contributed by atoms with E-state index in [0.717, 1.165) is 38.5 Å². The number of carbonyl (C=O) groups is 1. The van der Waals surface area contributed by atoms with Crippen molar-refractivity contribution < 1.29 is 19.3 Å². The number of hydrogen-bond donors (Lipinski definition) is 0. The Kier molecular flexibility index (Phi) is 10.1. The van der Waals surface area contributed by atoms with Crippen LogP contribution in [0.2, 0.25) is 0 Å². The van der Waals surface area contributed by atoms with Gasteiger partial charge >= 0.3 is 5.97 Å². The molecule has 1 heterocycles. The molecule has 1 fully saturated rings. The Hall–Kier alpha value is -1.13. The van der Waals surface area contributed by atoms with E-state index in [4.69, 9.17) is 14.5 Å². The first-order chi connectivity index (χ1) is 12.0. The SMILES string of the molecule is CC/C=C/[C@@H](CC)C/C=C/[C@@]1(CC)C[C@H](CC)[C@H](CC(=O)OC)OO1. The second-order valence-corrected chi connectivity index (χ2v) is 6.93. The lowest BCUT2D eigenvalue weighted by Crippen LogP contribution is -2.44. The lowest BCUT2D eigenvalue weighted by molar-refractivity contribution is -0.409. The van der Waals surface area contributed by atoms with E-state index in [1.807, 2.05) is 0 Å². The molecular formula is C21H36O4. The molecule has 1 aliphatic heterocycles. The van der Waals surface area contributed by atoms with Crippen LogP contribution in [0, 0.1) is 11.8 Å². The third kappa shape index (κ3) is 6.95. The van der Waals surface area contributed by atoms with Crippen LogP contribution in [0.15, 0.2) is 24.3 Å². The zero-order chi connectivity index (χ0) is 18.7. The molecule has 0 aromatic rings. The van der Waals surface area contributed by atoms with Crippen LogP contribution >= 0.6 is 0 Å². The van der Waals surface area contributed by atoms with Gasteiger partial charge in [-0.1, -0.05) is 58.4 Å². The number of rotatable bonds is 10. The molecule has 1 rings (SSSR count). The monoisotopic (exact) mass is 352 g/mol. The summed E-state index contributed by atoms with van der Waals surface area (Å²) < 4.78 is 4.76. The lowest BCUT2D eigenvalue weighted by atomic mass is 9.81. The zero-order valence-corrected chi connectivity index (χ0v) is 16.6. The summed E-state index contributed by atoms with van der Waals surface area (Å²) in [6, 6.07) is 0. The van der Waals surface area contributed by atoms with Crippen molar-refractivity contribution in [2.24, 2.45) is 11.8 Å². The highest BCUT2D eigenvalue weighted by Gasteiger charge is 2.41. The minimum atomic E-state index is -0.389. The summed E-state index contributed by atoms with van der Waals surface area (Å²) in [5.41, 5.74) is -0.389. The summed E-state index contributed by atoms with van der Waals surface area (Å²) in [5.74, 6) is 0.614. The molecule has 0 saturated carbocycles. The third-order valence-corrected chi connectivity index (χ3v) is 5.22. The molecule has 1 aliphatic rings. The number of ether oxygens (including phenoxy) is 1. The molecule has 144 valence electrons. The van der Waals surface area contributed by atoms with E-state index in [1.165, 1.54) is 7.11 Å². The predicted octanol–water partition coefficient (Wildman–Crippen LogP) is 5.38. The van der Waals surface area contributed by atoms with Gasteiger partial charge in [0.15, 0.2) is 0 Å². The zero-order valence-electron chi connectivity index (χ0n) is 16.6. The Morgan fingerprint density at radius 3 is 2.60 bits per heavy atom. The van der Waals surface area contributed by atoms with Crippen molar-refractivity contribution in [3.05, 3.63) is 24.3 Å². The predicted molar refractivity (Wildman–Crippen MR) is 101 cm³/mol. The number of allylic oxidation sites excluding steroid dienone is 3. The second kappa shape index (κ2) is 11.5. The summed E-state index contributed by atoms with van der Waals surface area (Å²) in [4.78, 5) is 23.0. The van der Waals surface area contributed by atoms with E-state index in [2.05, 4.69) is 52.0 Å². The van der Waals surface area contributed by atoms with Gasteiger partial charge in [0.2, 0.25) is 0 Å². The smallest absolute Gasteiger partial charge is 0.308 e. The fourth-order valence-corrected chi connectivity index (χ4v) is 3.29. The fraction of sp³-hybridized carbons (Fsp3) is 0.762. The summed E-state index contributed by atoms with van der Waals surface area (Å²) >= 11 is 0. The highest BCUT2D eigenvalue weighted by Crippen LogP contribution is 2.38. The molecule has 0 aliphatic carbocycles. The summed E-state index contributed by atoms with van der Waals surface area (Å²) in [5, 5.41) is 0. The molecule has 4 nitrogen and oxygen atoms in total. The molecular weight excluding hydrogens is 316 g/mol. The molecule has 25 heavy (non-hydrogen) atoms. The van der Waals surface area contributed by atoms with Crippen molar-refractivity contribution in [3.8, 4) is 0 Å². The van der Waals surface area contributed by atoms with Gasteiger partial charge in [0, 0.05) is 0 Å². The van der Waals surface area contributed by atoms with Crippen molar-refractivity contribution in [1.82, 2.24) is 0 Å². The molecule has 0 bridgehead atoms. The van der Waals surface area contributed by atoms with Crippen LogP contribution in [0.3, 0.4) is 0 Å². The van der Waals surface area contributed by atoms with E-state index in [0.29, 0.717) is 11.8 Å². The average molecular weight is 353 g/mol. The molecule has 0 spiro atoms. The van der Waals surface area contributed by atoms with Gasteiger partial charge in [0.25, 0.3) is 0 Å². The normalized spacial score (nSPS) is 28.5. The van der Waals surface area contributed by atoms with E-state index in [9.17, 15) is 4.79 Å². The van der Waals surface area contributed by atoms with Gasteiger partial charge < -0.3 is 4.74 Å². The van der Waals surface area contributed by atoms with Crippen LogP contribution in [0.5, 0.6) is 0 Å². The topological polar surface area (TPSA) is 44.8 Å². The summed E-state index contributed by atoms with van der Waals surface area (Å²) in [6.07, 6.45) is 14.9. The Morgan fingerprint density at radius 2 is 2.04 bits per heavy atom. The van der Waals surface area contributed by atoms with Gasteiger partial charge in [0.1, 0.15) is 11.7 Å². The van der Waals surface area contributed by atoms with Crippen LogP contribution in [-0.2, 0) is 19.3 Å². The minimum absolute atomic E-state index is 0.221. The number of carbonyl (C=O) groups excluding carboxylic acids is 1. The lowest BCUT2D eigenvalue weighted by Gasteiger charge is -2.41. The molecule has 0 amide bonds. The fourth-order valence-electron chi connectivity index (χ4n) is 3.29. The molecule has 1 saturated heterocycles. The maximum absolute atomic E-state index is 11.6. The van der Waals surface area contributed by atoms with Crippen molar-refractivity contribution in [1.29, 1.82) is 0 Å². The van der Waals surface area contributed by atoms with Crippen LogP contribution in [0.4, 0.5) is 0 Å². The van der Waals surface area contributed by atoms with Crippen LogP contribution < -0.4 is 0 Å². The van der Waals surface area contributed by atoms with Crippen molar-refractivity contribution in [2.75, 3.05) is 7.11 Å². The first-order valence-corrected chi connectivity index (χ1v) is 9.79. The average Bonchev–Trinajstić information content (AvgIpc) is 2.65. The number of esters is 1. The third-order valence-electron chi connectivity index (χ3n) is 5.22. The number of hydrogen-bond acceptors (Lipinski definition) is 4. The van der Waals surface area contributed by atoms with Gasteiger partial charge in [-0.3, -0.25) is 4.79 Å². The van der Waals surface area contributed by atoms with Crippen molar-refractivity contribution in [2.45, 2.75) is 84.3 Å². The van der Waals surface area contributed by atoms with E-state index < -0.39 is 0 Å². The van der Waals surface area contributed by atoms with Crippen LogP contribution in [0.25, 0.3) is 0 Å². The van der Waals surface area contributed by atoms with Gasteiger partial charge in [0.05, 0.1) is 13.5 Å². The van der Waals surface area contributed by atoms with Crippen molar-refractivity contribution in [3.63, 3.8) is 0 Å². The van der Waals surface area contributed by atoms with E-state index in [1.54, 1.807) is 0 Å². The molecule has 0 aromatic carbocycles. The first kappa shape index (κ1) is 21.9. The Morgan fingerprint density at radius 1 is 1.28 bits per heavy atom. The molecule has 0 unspecified atom stereocenters. The van der Waals surface area contributed by atoms with Gasteiger partial charge in [-0.15, -0.1) is 0 Å². The number of methoxy groups -OCH3 is 1. The molecule has 0 radical (unpaired) electrons. The van der Waals surface area contributed by atoms with Crippen LogP contribution in [0.1, 0.15) is 72.6 Å². The molecule has 0 aromatic heterocycles. The molecule has 4 heteroatoms. The standard InChI is InChI=1S/C21H36O4/c1-6-10-12-17(7-2)13-11-14-21(9-4)16-18(8-3)19(24-25-21)15-20(22)23-5/h10-12,14,17-19H,6-9,13,15-16H2,1-5H3/b12-10+,14-11+/t17-,18+,19+,21+/m1/s1. The Labute approximate surface area is 153 Å². The molecule has 0 N–H and O–H groups in total. The molecule has 4 atom stereocenters. The maximum Gasteiger partial charge on any atom is 0.308 e. The second-order valence-electron chi connectivity index (χ2n) is 6.93. The van der Waals surface area contributed by atoms with Gasteiger partial charge in [-0.25, -0.2) is 9.78 Å².